The van der Waals surface area contributed by atoms with Crippen molar-refractivity contribution >= 4 is 40.0 Å². The molecule has 0 heterocycles. The Bertz CT molecular complexity index is 977. The summed E-state index contributed by atoms with van der Waals surface area (Å²) >= 11 is 5.85. The smallest absolute Gasteiger partial charge is 0.337 e. The first-order chi connectivity index (χ1) is 13.0. The third-order valence-corrected chi connectivity index (χ3v) is 4.02. The van der Waals surface area contributed by atoms with E-state index < -0.39 is 18.0 Å². The van der Waals surface area contributed by atoms with Crippen LogP contribution in [0, 0.1) is 0 Å². The molecule has 3 N–H and O–H groups in total. The SMILES string of the molecule is C[C@H](Oc1ccc2ccccc2c1)C(=O)NNC(=O)Nc1cccc(Cl)c1. The average Bonchev–Trinajstić information content (AvgIpc) is 2.66. The summed E-state index contributed by atoms with van der Waals surface area (Å²) < 4.78 is 5.65. The second-order valence-corrected chi connectivity index (χ2v) is 6.28. The number of carbonyl (C=O) groups is 2. The molecule has 0 bridgehead atoms. The molecular weight excluding hydrogens is 366 g/mol. The number of fused-ring (bicyclic) bond motifs is 1. The molecule has 1 atom stereocenters. The van der Waals surface area contributed by atoms with Crippen molar-refractivity contribution < 1.29 is 14.3 Å². The van der Waals surface area contributed by atoms with Gasteiger partial charge in [0.1, 0.15) is 5.75 Å². The molecule has 0 unspecified atom stereocenters. The molecule has 0 radical (unpaired) electrons. The predicted octanol–water partition coefficient (Wildman–Crippen LogP) is 4.11. The monoisotopic (exact) mass is 383 g/mol. The third kappa shape index (κ3) is 5.12. The van der Waals surface area contributed by atoms with E-state index in [9.17, 15) is 9.59 Å². The number of rotatable bonds is 4. The van der Waals surface area contributed by atoms with Crippen LogP contribution in [0.4, 0.5) is 10.5 Å². The van der Waals surface area contributed by atoms with Gasteiger partial charge in [0.15, 0.2) is 6.10 Å². The van der Waals surface area contributed by atoms with E-state index in [1.807, 2.05) is 36.4 Å². The maximum absolute atomic E-state index is 12.1. The molecule has 138 valence electrons. The molecule has 3 aromatic rings. The van der Waals surface area contributed by atoms with Gasteiger partial charge in [-0.3, -0.25) is 10.2 Å². The Morgan fingerprint density at radius 1 is 0.926 bits per heavy atom. The number of hydrogen-bond donors (Lipinski definition) is 3. The van der Waals surface area contributed by atoms with Crippen LogP contribution in [0.1, 0.15) is 6.92 Å². The minimum absolute atomic E-state index is 0.482. The predicted molar refractivity (Wildman–Crippen MR) is 106 cm³/mol. The summed E-state index contributed by atoms with van der Waals surface area (Å²) in [6.45, 7) is 1.60. The van der Waals surface area contributed by atoms with Crippen LogP contribution in [0.25, 0.3) is 10.8 Å². The number of amides is 3. The lowest BCUT2D eigenvalue weighted by molar-refractivity contribution is -0.127. The molecule has 0 aliphatic carbocycles. The minimum Gasteiger partial charge on any atom is -0.481 e. The Balaban J connectivity index is 1.51. The topological polar surface area (TPSA) is 79.5 Å². The van der Waals surface area contributed by atoms with Crippen LogP contribution in [0.5, 0.6) is 5.75 Å². The Kier molecular flexibility index (Phi) is 5.78. The van der Waals surface area contributed by atoms with E-state index in [0.717, 1.165) is 10.8 Å². The lowest BCUT2D eigenvalue weighted by Gasteiger charge is -2.16. The average molecular weight is 384 g/mol. The van der Waals surface area contributed by atoms with Crippen molar-refractivity contribution in [2.75, 3.05) is 5.32 Å². The Morgan fingerprint density at radius 3 is 2.48 bits per heavy atom. The van der Waals surface area contributed by atoms with E-state index in [-0.39, 0.29) is 0 Å². The van der Waals surface area contributed by atoms with Crippen molar-refractivity contribution in [1.82, 2.24) is 10.9 Å². The molecular formula is C20H18ClN3O3. The van der Waals surface area contributed by atoms with Gasteiger partial charge in [-0.1, -0.05) is 48.0 Å². The second-order valence-electron chi connectivity index (χ2n) is 5.85. The normalized spacial score (nSPS) is 11.5. The summed E-state index contributed by atoms with van der Waals surface area (Å²) in [7, 11) is 0. The van der Waals surface area contributed by atoms with Crippen LogP contribution in [0.3, 0.4) is 0 Å². The highest BCUT2D eigenvalue weighted by Gasteiger charge is 2.15. The molecule has 3 amide bonds. The fourth-order valence-corrected chi connectivity index (χ4v) is 2.64. The maximum atomic E-state index is 12.1. The van der Waals surface area contributed by atoms with E-state index in [0.29, 0.717) is 16.5 Å². The van der Waals surface area contributed by atoms with Crippen molar-refractivity contribution in [2.24, 2.45) is 0 Å². The molecule has 0 fully saturated rings. The Hall–Kier alpha value is -3.25. The molecule has 3 aromatic carbocycles. The van der Waals surface area contributed by atoms with E-state index in [4.69, 9.17) is 16.3 Å². The molecule has 6 nitrogen and oxygen atoms in total. The van der Waals surface area contributed by atoms with Crippen LogP contribution in [-0.4, -0.2) is 18.0 Å². The van der Waals surface area contributed by atoms with E-state index >= 15 is 0 Å². The maximum Gasteiger partial charge on any atom is 0.337 e. The van der Waals surface area contributed by atoms with Gasteiger partial charge in [0.2, 0.25) is 0 Å². The van der Waals surface area contributed by atoms with E-state index in [1.54, 1.807) is 37.3 Å². The zero-order chi connectivity index (χ0) is 19.2. The summed E-state index contributed by atoms with van der Waals surface area (Å²) in [4.78, 5) is 24.0. The van der Waals surface area contributed by atoms with Crippen LogP contribution in [0.15, 0.2) is 66.7 Å². The van der Waals surface area contributed by atoms with Crippen LogP contribution >= 0.6 is 11.6 Å². The largest absolute Gasteiger partial charge is 0.481 e. The summed E-state index contributed by atoms with van der Waals surface area (Å²) in [5.41, 5.74) is 5.10. The van der Waals surface area contributed by atoms with Gasteiger partial charge in [-0.15, -0.1) is 0 Å². The molecule has 0 aromatic heterocycles. The van der Waals surface area contributed by atoms with Crippen LogP contribution < -0.4 is 20.9 Å². The fourth-order valence-electron chi connectivity index (χ4n) is 2.45. The van der Waals surface area contributed by atoms with Gasteiger partial charge in [0, 0.05) is 10.7 Å². The van der Waals surface area contributed by atoms with Gasteiger partial charge in [-0.05, 0) is 48.0 Å². The van der Waals surface area contributed by atoms with Gasteiger partial charge >= 0.3 is 6.03 Å². The van der Waals surface area contributed by atoms with Gasteiger partial charge < -0.3 is 10.1 Å². The number of carbonyl (C=O) groups excluding carboxylic acids is 2. The molecule has 0 aliphatic heterocycles. The van der Waals surface area contributed by atoms with Crippen molar-refractivity contribution in [1.29, 1.82) is 0 Å². The highest BCUT2D eigenvalue weighted by Crippen LogP contribution is 2.21. The zero-order valence-electron chi connectivity index (χ0n) is 14.5. The quantitative estimate of drug-likeness (QED) is 0.593. The Labute approximate surface area is 161 Å². The summed E-state index contributed by atoms with van der Waals surface area (Å²) in [5, 5.41) is 5.15. The second kappa shape index (κ2) is 8.42. The number of urea groups is 1. The van der Waals surface area contributed by atoms with Crippen molar-refractivity contribution in [3.05, 3.63) is 71.8 Å². The van der Waals surface area contributed by atoms with Gasteiger partial charge in [0.25, 0.3) is 5.91 Å². The number of anilines is 1. The molecule has 3 rings (SSSR count). The zero-order valence-corrected chi connectivity index (χ0v) is 15.3. The standard InChI is InChI=1S/C20H18ClN3O3/c1-13(27-18-10-9-14-5-2-3-6-15(14)11-18)19(25)23-24-20(26)22-17-8-4-7-16(21)12-17/h2-13H,1H3,(H,23,25)(H2,22,24,26)/t13-/m0/s1. The lowest BCUT2D eigenvalue weighted by atomic mass is 10.1. The number of hydrogen-bond acceptors (Lipinski definition) is 3. The molecule has 0 saturated carbocycles. The lowest BCUT2D eigenvalue weighted by Crippen LogP contribution is -2.48. The highest BCUT2D eigenvalue weighted by atomic mass is 35.5. The fraction of sp³-hybridized carbons (Fsp3) is 0.100. The molecule has 7 heteroatoms. The molecule has 0 spiro atoms. The first-order valence-electron chi connectivity index (χ1n) is 8.29. The van der Waals surface area contributed by atoms with E-state index in [2.05, 4.69) is 16.2 Å². The third-order valence-electron chi connectivity index (χ3n) is 3.78. The highest BCUT2D eigenvalue weighted by molar-refractivity contribution is 6.30. The summed E-state index contributed by atoms with van der Waals surface area (Å²) in [6.07, 6.45) is -0.794. The van der Waals surface area contributed by atoms with Crippen molar-refractivity contribution in [3.8, 4) is 5.75 Å². The summed E-state index contributed by atoms with van der Waals surface area (Å²) in [6, 6.07) is 19.5. The minimum atomic E-state index is -0.794. The number of nitrogens with one attached hydrogen (secondary N) is 3. The van der Waals surface area contributed by atoms with Gasteiger partial charge in [0.05, 0.1) is 0 Å². The number of benzene rings is 3. The first kappa shape index (κ1) is 18.5. The number of ether oxygens (including phenoxy) is 1. The first-order valence-corrected chi connectivity index (χ1v) is 8.67. The van der Waals surface area contributed by atoms with Crippen molar-refractivity contribution in [2.45, 2.75) is 13.0 Å². The summed E-state index contributed by atoms with van der Waals surface area (Å²) in [5.74, 6) is 0.0872. The van der Waals surface area contributed by atoms with Crippen LogP contribution in [-0.2, 0) is 4.79 Å². The van der Waals surface area contributed by atoms with Crippen LogP contribution in [0.2, 0.25) is 5.02 Å². The molecule has 0 aliphatic rings. The number of hydrazine groups is 1. The molecule has 0 saturated heterocycles. The van der Waals surface area contributed by atoms with Gasteiger partial charge in [-0.2, -0.15) is 0 Å². The van der Waals surface area contributed by atoms with E-state index in [1.165, 1.54) is 0 Å². The van der Waals surface area contributed by atoms with Crippen molar-refractivity contribution in [3.63, 3.8) is 0 Å². The van der Waals surface area contributed by atoms with Gasteiger partial charge in [-0.25, -0.2) is 10.2 Å². The molecule has 27 heavy (non-hydrogen) atoms. The Morgan fingerprint density at radius 2 is 1.70 bits per heavy atom. The number of halogens is 1.